The smallest absolute Gasteiger partial charge is 0.408 e. The largest absolute Gasteiger partial charge is 0.508 e. The Morgan fingerprint density at radius 3 is 2.14 bits per heavy atom. The average molecular weight is 297 g/mol. The Morgan fingerprint density at radius 1 is 1.19 bits per heavy atom. The first-order valence-electron chi connectivity index (χ1n) is 6.31. The third-order valence-corrected chi connectivity index (χ3v) is 2.39. The number of carbonyl (C=O) groups is 2. The molecule has 7 nitrogen and oxygen atoms in total. The number of aliphatic carboxylic acids is 1. The van der Waals surface area contributed by atoms with E-state index in [1.165, 1.54) is 12.1 Å². The highest BCUT2D eigenvalue weighted by Crippen LogP contribution is 2.21. The molecule has 0 fully saturated rings. The lowest BCUT2D eigenvalue weighted by Gasteiger charge is -2.22. The fourth-order valence-corrected chi connectivity index (χ4v) is 1.66. The zero-order valence-electron chi connectivity index (χ0n) is 12.1. The fourth-order valence-electron chi connectivity index (χ4n) is 1.66. The van der Waals surface area contributed by atoms with Gasteiger partial charge in [0.05, 0.1) is 0 Å². The van der Waals surface area contributed by atoms with Gasteiger partial charge in [-0.25, -0.2) is 9.59 Å². The quantitative estimate of drug-likeness (QED) is 0.671. The summed E-state index contributed by atoms with van der Waals surface area (Å²) in [6.07, 6.45) is -0.949. The Balaban J connectivity index is 2.78. The van der Waals surface area contributed by atoms with E-state index in [1.54, 1.807) is 20.8 Å². The minimum absolute atomic E-state index is 0.101. The normalized spacial score (nSPS) is 12.5. The van der Waals surface area contributed by atoms with Gasteiger partial charge in [0, 0.05) is 12.5 Å². The molecule has 0 aromatic heterocycles. The van der Waals surface area contributed by atoms with E-state index in [4.69, 9.17) is 9.84 Å². The van der Waals surface area contributed by atoms with Gasteiger partial charge in [-0.1, -0.05) is 0 Å². The Bertz CT molecular complexity index is 515. The average Bonchev–Trinajstić information content (AvgIpc) is 2.23. The van der Waals surface area contributed by atoms with E-state index in [-0.39, 0.29) is 17.9 Å². The van der Waals surface area contributed by atoms with Crippen LogP contribution in [0, 0.1) is 0 Å². The summed E-state index contributed by atoms with van der Waals surface area (Å²) in [7, 11) is 0. The van der Waals surface area contributed by atoms with Gasteiger partial charge in [0.25, 0.3) is 0 Å². The van der Waals surface area contributed by atoms with Gasteiger partial charge in [0.15, 0.2) is 0 Å². The Hall–Kier alpha value is -2.44. The van der Waals surface area contributed by atoms with Crippen LogP contribution in [0.3, 0.4) is 0 Å². The number of hydrogen-bond acceptors (Lipinski definition) is 5. The van der Waals surface area contributed by atoms with E-state index >= 15 is 0 Å². The van der Waals surface area contributed by atoms with Crippen LogP contribution >= 0.6 is 0 Å². The number of phenolic OH excluding ortho intramolecular Hbond substituents is 2. The van der Waals surface area contributed by atoms with Crippen LogP contribution in [0.4, 0.5) is 4.79 Å². The van der Waals surface area contributed by atoms with Crippen molar-refractivity contribution in [2.24, 2.45) is 0 Å². The molecule has 1 amide bonds. The highest BCUT2D eigenvalue weighted by molar-refractivity contribution is 5.80. The lowest BCUT2D eigenvalue weighted by molar-refractivity contribution is -0.139. The number of benzene rings is 1. The molecule has 0 saturated carbocycles. The van der Waals surface area contributed by atoms with Gasteiger partial charge in [-0.05, 0) is 38.5 Å². The summed E-state index contributed by atoms with van der Waals surface area (Å²) < 4.78 is 4.99. The van der Waals surface area contributed by atoms with Crippen molar-refractivity contribution >= 4 is 12.1 Å². The molecule has 116 valence electrons. The van der Waals surface area contributed by atoms with Crippen LogP contribution in [0.1, 0.15) is 26.3 Å². The zero-order valence-corrected chi connectivity index (χ0v) is 12.1. The van der Waals surface area contributed by atoms with Crippen molar-refractivity contribution in [2.45, 2.75) is 38.8 Å². The zero-order chi connectivity index (χ0) is 16.2. The second kappa shape index (κ2) is 6.34. The van der Waals surface area contributed by atoms with E-state index in [9.17, 15) is 19.8 Å². The molecule has 0 aliphatic heterocycles. The second-order valence-electron chi connectivity index (χ2n) is 5.60. The number of aromatic hydroxyl groups is 2. The summed E-state index contributed by atoms with van der Waals surface area (Å²) >= 11 is 0. The molecule has 0 heterocycles. The van der Waals surface area contributed by atoms with Crippen molar-refractivity contribution < 1.29 is 29.6 Å². The third kappa shape index (κ3) is 6.03. The van der Waals surface area contributed by atoms with Gasteiger partial charge in [0.1, 0.15) is 23.1 Å². The van der Waals surface area contributed by atoms with Crippen LogP contribution in [-0.2, 0) is 16.0 Å². The van der Waals surface area contributed by atoms with Crippen molar-refractivity contribution in [3.63, 3.8) is 0 Å². The number of carboxylic acid groups (broad SMARTS) is 1. The minimum Gasteiger partial charge on any atom is -0.508 e. The van der Waals surface area contributed by atoms with Gasteiger partial charge in [0.2, 0.25) is 0 Å². The van der Waals surface area contributed by atoms with E-state index in [1.807, 2.05) is 0 Å². The van der Waals surface area contributed by atoms with Crippen LogP contribution in [0.25, 0.3) is 0 Å². The number of ether oxygens (including phenoxy) is 1. The van der Waals surface area contributed by atoms with Crippen LogP contribution in [0.5, 0.6) is 11.5 Å². The number of hydrogen-bond donors (Lipinski definition) is 4. The molecule has 0 radical (unpaired) electrons. The number of phenols is 2. The summed E-state index contributed by atoms with van der Waals surface area (Å²) in [5.41, 5.74) is -0.368. The van der Waals surface area contributed by atoms with Gasteiger partial charge in [-0.3, -0.25) is 0 Å². The van der Waals surface area contributed by atoms with E-state index in [0.29, 0.717) is 5.56 Å². The molecule has 1 rings (SSSR count). The molecule has 1 aromatic rings. The molecular formula is C14H19NO6. The summed E-state index contributed by atoms with van der Waals surface area (Å²) in [6, 6.07) is 2.51. The molecule has 0 spiro atoms. The first-order chi connectivity index (χ1) is 9.56. The topological polar surface area (TPSA) is 116 Å². The van der Waals surface area contributed by atoms with E-state index < -0.39 is 23.7 Å². The highest BCUT2D eigenvalue weighted by Gasteiger charge is 2.24. The lowest BCUT2D eigenvalue weighted by atomic mass is 10.1. The molecule has 0 aliphatic carbocycles. The number of amides is 1. The van der Waals surface area contributed by atoms with E-state index in [0.717, 1.165) is 6.07 Å². The Morgan fingerprint density at radius 2 is 1.71 bits per heavy atom. The number of carboxylic acids is 1. The molecule has 0 aliphatic rings. The van der Waals surface area contributed by atoms with Crippen LogP contribution < -0.4 is 5.32 Å². The predicted molar refractivity (Wildman–Crippen MR) is 74.3 cm³/mol. The molecule has 1 atom stereocenters. The van der Waals surface area contributed by atoms with Gasteiger partial charge in [-0.15, -0.1) is 0 Å². The maximum atomic E-state index is 11.6. The summed E-state index contributed by atoms with van der Waals surface area (Å²) in [5.74, 6) is -1.62. The van der Waals surface area contributed by atoms with Crippen molar-refractivity contribution in [2.75, 3.05) is 0 Å². The second-order valence-corrected chi connectivity index (χ2v) is 5.60. The lowest BCUT2D eigenvalue weighted by Crippen LogP contribution is -2.44. The molecule has 21 heavy (non-hydrogen) atoms. The molecule has 0 bridgehead atoms. The molecule has 1 aromatic carbocycles. The van der Waals surface area contributed by atoms with Crippen molar-refractivity contribution in [1.82, 2.24) is 5.32 Å². The van der Waals surface area contributed by atoms with Gasteiger partial charge < -0.3 is 25.4 Å². The maximum Gasteiger partial charge on any atom is 0.408 e. The standard InChI is InChI=1S/C14H19NO6/c1-14(2,3)21-13(20)15-11(12(18)19)6-8-4-9(16)7-10(17)5-8/h4-5,7,11,16-17H,6H2,1-3H3,(H,15,20)(H,18,19)/t11-/m1/s1. The number of rotatable bonds is 4. The van der Waals surface area contributed by atoms with Gasteiger partial charge in [-0.2, -0.15) is 0 Å². The highest BCUT2D eigenvalue weighted by atomic mass is 16.6. The van der Waals surface area contributed by atoms with Crippen molar-refractivity contribution in [3.05, 3.63) is 23.8 Å². The molecule has 0 saturated heterocycles. The minimum atomic E-state index is -1.25. The van der Waals surface area contributed by atoms with Gasteiger partial charge >= 0.3 is 12.1 Å². The van der Waals surface area contributed by atoms with Crippen LogP contribution in [-0.4, -0.2) is 39.0 Å². The van der Waals surface area contributed by atoms with Crippen molar-refractivity contribution in [1.29, 1.82) is 0 Å². The maximum absolute atomic E-state index is 11.6. The summed E-state index contributed by atoms with van der Waals surface area (Å²) in [4.78, 5) is 22.8. The van der Waals surface area contributed by atoms with Crippen LogP contribution in [0.15, 0.2) is 18.2 Å². The SMILES string of the molecule is CC(C)(C)OC(=O)N[C@H](Cc1cc(O)cc(O)c1)C(=O)O. The molecule has 0 unspecified atom stereocenters. The molecule has 4 N–H and O–H groups in total. The predicted octanol–water partition coefficient (Wildman–Crippen LogP) is 1.62. The monoisotopic (exact) mass is 297 g/mol. The summed E-state index contributed by atoms with van der Waals surface area (Å²) in [5, 5.41) is 30.1. The summed E-state index contributed by atoms with van der Waals surface area (Å²) in [6.45, 7) is 4.99. The third-order valence-electron chi connectivity index (χ3n) is 2.39. The fraction of sp³-hybridized carbons (Fsp3) is 0.429. The number of carbonyl (C=O) groups excluding carboxylic acids is 1. The first kappa shape index (κ1) is 16.6. The number of alkyl carbamates (subject to hydrolysis) is 1. The Labute approximate surface area is 122 Å². The molecule has 7 heteroatoms. The van der Waals surface area contributed by atoms with Crippen molar-refractivity contribution in [3.8, 4) is 11.5 Å². The number of nitrogens with one attached hydrogen (secondary N) is 1. The van der Waals surface area contributed by atoms with Crippen LogP contribution in [0.2, 0.25) is 0 Å². The van der Waals surface area contributed by atoms with E-state index in [2.05, 4.69) is 5.32 Å². The first-order valence-corrected chi connectivity index (χ1v) is 6.31. The molecular weight excluding hydrogens is 278 g/mol. The Kier molecular flexibility index (Phi) is 5.02.